The van der Waals surface area contributed by atoms with Gasteiger partial charge in [-0.1, -0.05) is 0 Å². The standard InChI is InChI=1S/C13H15F3N4O2/c1-22-9-4-8-11(18-7-2-3-20(8)5-7)19-10(9)12(21)17-6-13(14,15)16/h4,7H,2-3,5-6H2,1H3,(H,17,21)(H,18,19)/t7-/m0/s1. The monoisotopic (exact) mass is 316 g/mol. The number of aromatic nitrogens is 1. The molecule has 1 amide bonds. The highest BCUT2D eigenvalue weighted by molar-refractivity contribution is 5.96. The minimum Gasteiger partial charge on any atom is -0.494 e. The van der Waals surface area contributed by atoms with E-state index in [0.717, 1.165) is 25.2 Å². The van der Waals surface area contributed by atoms with Gasteiger partial charge in [-0.25, -0.2) is 4.98 Å². The molecule has 0 radical (unpaired) electrons. The van der Waals surface area contributed by atoms with Gasteiger partial charge in [-0.2, -0.15) is 13.2 Å². The van der Waals surface area contributed by atoms with Crippen LogP contribution in [0.1, 0.15) is 16.9 Å². The number of fused-ring (bicyclic) bond motifs is 4. The largest absolute Gasteiger partial charge is 0.494 e. The lowest BCUT2D eigenvalue weighted by Gasteiger charge is -2.28. The van der Waals surface area contributed by atoms with E-state index in [1.165, 1.54) is 7.11 Å². The summed E-state index contributed by atoms with van der Waals surface area (Å²) in [7, 11) is 1.35. The number of rotatable bonds is 3. The number of nitrogens with zero attached hydrogens (tertiary/aromatic N) is 2. The van der Waals surface area contributed by atoms with Crippen LogP contribution < -0.4 is 20.3 Å². The van der Waals surface area contributed by atoms with Crippen molar-refractivity contribution < 1.29 is 22.7 Å². The molecule has 3 rings (SSSR count). The smallest absolute Gasteiger partial charge is 0.405 e. The van der Waals surface area contributed by atoms with Crippen LogP contribution in [0.4, 0.5) is 24.7 Å². The number of hydrogen-bond donors (Lipinski definition) is 2. The molecule has 1 aromatic rings. The summed E-state index contributed by atoms with van der Waals surface area (Å²) in [5.41, 5.74) is 0.651. The van der Waals surface area contributed by atoms with Gasteiger partial charge in [0.25, 0.3) is 5.91 Å². The molecule has 120 valence electrons. The topological polar surface area (TPSA) is 66.5 Å². The molecular formula is C13H15F3N4O2. The summed E-state index contributed by atoms with van der Waals surface area (Å²) in [5, 5.41) is 5.01. The Kier molecular flexibility index (Phi) is 3.50. The summed E-state index contributed by atoms with van der Waals surface area (Å²) >= 11 is 0. The molecule has 2 aliphatic rings. The van der Waals surface area contributed by atoms with Crippen molar-refractivity contribution in [2.45, 2.75) is 18.6 Å². The molecule has 1 atom stereocenters. The fourth-order valence-corrected chi connectivity index (χ4v) is 2.71. The maximum atomic E-state index is 12.2. The van der Waals surface area contributed by atoms with Gasteiger partial charge in [0.2, 0.25) is 0 Å². The van der Waals surface area contributed by atoms with Crippen LogP contribution in [0.5, 0.6) is 5.75 Å². The van der Waals surface area contributed by atoms with Crippen molar-refractivity contribution in [3.8, 4) is 5.75 Å². The fraction of sp³-hybridized carbons (Fsp3) is 0.538. The molecule has 2 aliphatic heterocycles. The van der Waals surface area contributed by atoms with Crippen LogP contribution in [0.2, 0.25) is 0 Å². The number of halogens is 3. The Labute approximate surface area is 124 Å². The van der Waals surface area contributed by atoms with Crippen LogP contribution in [-0.4, -0.2) is 49.9 Å². The average molecular weight is 316 g/mol. The molecule has 2 N–H and O–H groups in total. The number of hydrogen-bond acceptors (Lipinski definition) is 5. The molecule has 9 heteroatoms. The van der Waals surface area contributed by atoms with E-state index in [1.807, 2.05) is 5.32 Å². The van der Waals surface area contributed by atoms with Gasteiger partial charge < -0.3 is 20.3 Å². The Morgan fingerprint density at radius 1 is 1.59 bits per heavy atom. The fourth-order valence-electron chi connectivity index (χ4n) is 2.71. The number of ether oxygens (including phenoxy) is 1. The van der Waals surface area contributed by atoms with Crippen molar-refractivity contribution in [3.05, 3.63) is 11.8 Å². The van der Waals surface area contributed by atoms with Gasteiger partial charge in [-0.15, -0.1) is 0 Å². The number of anilines is 2. The first kappa shape index (κ1) is 14.7. The minimum absolute atomic E-state index is 0.152. The van der Waals surface area contributed by atoms with Crippen molar-refractivity contribution in [1.82, 2.24) is 10.3 Å². The molecule has 2 bridgehead atoms. The van der Waals surface area contributed by atoms with E-state index in [-0.39, 0.29) is 17.5 Å². The van der Waals surface area contributed by atoms with Crippen LogP contribution >= 0.6 is 0 Å². The molecule has 0 unspecified atom stereocenters. The second-order valence-electron chi connectivity index (χ2n) is 5.28. The van der Waals surface area contributed by atoms with Crippen molar-refractivity contribution in [2.75, 3.05) is 37.0 Å². The lowest BCUT2D eigenvalue weighted by molar-refractivity contribution is -0.123. The predicted molar refractivity (Wildman–Crippen MR) is 73.4 cm³/mol. The Morgan fingerprint density at radius 3 is 3.05 bits per heavy atom. The van der Waals surface area contributed by atoms with E-state index < -0.39 is 18.6 Å². The highest BCUT2D eigenvalue weighted by Gasteiger charge is 2.33. The number of pyridine rings is 1. The first-order valence-electron chi connectivity index (χ1n) is 6.83. The third kappa shape index (κ3) is 2.75. The Balaban J connectivity index is 1.88. The summed E-state index contributed by atoms with van der Waals surface area (Å²) in [6, 6.07) is 1.89. The third-order valence-corrected chi connectivity index (χ3v) is 3.72. The van der Waals surface area contributed by atoms with Crippen LogP contribution in [-0.2, 0) is 0 Å². The number of carbonyl (C=O) groups excluding carboxylic acids is 1. The second kappa shape index (κ2) is 5.22. The van der Waals surface area contributed by atoms with Crippen molar-refractivity contribution in [1.29, 1.82) is 0 Å². The molecule has 1 aromatic heterocycles. The number of carbonyl (C=O) groups is 1. The summed E-state index contributed by atoms with van der Waals surface area (Å²) in [6.07, 6.45) is -3.52. The van der Waals surface area contributed by atoms with Gasteiger partial charge in [0.15, 0.2) is 17.3 Å². The van der Waals surface area contributed by atoms with E-state index in [1.54, 1.807) is 6.07 Å². The zero-order valence-electron chi connectivity index (χ0n) is 11.8. The number of amides is 1. The molecule has 0 aliphatic carbocycles. The molecule has 22 heavy (non-hydrogen) atoms. The first-order valence-corrected chi connectivity index (χ1v) is 6.83. The zero-order valence-corrected chi connectivity index (χ0v) is 11.8. The van der Waals surface area contributed by atoms with Crippen LogP contribution in [0.3, 0.4) is 0 Å². The maximum Gasteiger partial charge on any atom is 0.405 e. The number of methoxy groups -OCH3 is 1. The lowest BCUT2D eigenvalue weighted by Crippen LogP contribution is -2.36. The second-order valence-corrected chi connectivity index (χ2v) is 5.28. The van der Waals surface area contributed by atoms with E-state index >= 15 is 0 Å². The van der Waals surface area contributed by atoms with Crippen molar-refractivity contribution >= 4 is 17.4 Å². The highest BCUT2D eigenvalue weighted by atomic mass is 19.4. The predicted octanol–water partition coefficient (Wildman–Crippen LogP) is 1.39. The van der Waals surface area contributed by atoms with Gasteiger partial charge in [0, 0.05) is 25.2 Å². The van der Waals surface area contributed by atoms with E-state index in [4.69, 9.17) is 4.74 Å². The molecule has 0 spiro atoms. The number of alkyl halides is 3. The average Bonchev–Trinajstić information content (AvgIpc) is 2.85. The summed E-state index contributed by atoms with van der Waals surface area (Å²) in [4.78, 5) is 18.2. The zero-order chi connectivity index (χ0) is 15.9. The SMILES string of the molecule is COc1cc2c(nc1C(=O)NCC(F)(F)F)N[C@H]1CCN2C1. The molecule has 6 nitrogen and oxygen atoms in total. The van der Waals surface area contributed by atoms with Crippen LogP contribution in [0, 0.1) is 0 Å². The van der Waals surface area contributed by atoms with Crippen LogP contribution in [0.15, 0.2) is 6.07 Å². The van der Waals surface area contributed by atoms with E-state index in [9.17, 15) is 18.0 Å². The lowest BCUT2D eigenvalue weighted by atomic mass is 10.2. The Morgan fingerprint density at radius 2 is 2.36 bits per heavy atom. The first-order chi connectivity index (χ1) is 10.4. The summed E-state index contributed by atoms with van der Waals surface area (Å²) < 4.78 is 41.8. The van der Waals surface area contributed by atoms with Gasteiger partial charge in [0.05, 0.1) is 12.8 Å². The molecule has 1 saturated heterocycles. The van der Waals surface area contributed by atoms with Crippen LogP contribution in [0.25, 0.3) is 0 Å². The maximum absolute atomic E-state index is 12.2. The quantitative estimate of drug-likeness (QED) is 0.882. The molecule has 1 fully saturated rings. The minimum atomic E-state index is -4.47. The molecule has 0 aromatic carbocycles. The van der Waals surface area contributed by atoms with E-state index in [0.29, 0.717) is 5.82 Å². The van der Waals surface area contributed by atoms with Gasteiger partial charge >= 0.3 is 6.18 Å². The third-order valence-electron chi connectivity index (χ3n) is 3.72. The van der Waals surface area contributed by atoms with Gasteiger partial charge in [0.1, 0.15) is 6.54 Å². The molecule has 0 saturated carbocycles. The summed E-state index contributed by atoms with van der Waals surface area (Å²) in [6.45, 7) is 0.308. The van der Waals surface area contributed by atoms with Gasteiger partial charge in [-0.3, -0.25) is 4.79 Å². The molecular weight excluding hydrogens is 301 g/mol. The normalized spacial score (nSPS) is 19.5. The Hall–Kier alpha value is -2.19. The van der Waals surface area contributed by atoms with E-state index in [2.05, 4.69) is 15.2 Å². The molecule has 3 heterocycles. The highest BCUT2D eigenvalue weighted by Crippen LogP contribution is 2.37. The van der Waals surface area contributed by atoms with Crippen molar-refractivity contribution in [3.63, 3.8) is 0 Å². The van der Waals surface area contributed by atoms with Crippen molar-refractivity contribution in [2.24, 2.45) is 0 Å². The van der Waals surface area contributed by atoms with Gasteiger partial charge in [-0.05, 0) is 6.42 Å². The summed E-state index contributed by atoms with van der Waals surface area (Å²) in [5.74, 6) is -0.246. The number of nitrogens with one attached hydrogen (secondary N) is 2. The Bertz CT molecular complexity index is 606.